The van der Waals surface area contributed by atoms with Crippen LogP contribution in [0.4, 0.5) is 0 Å². The van der Waals surface area contributed by atoms with E-state index in [1.54, 1.807) is 0 Å². The van der Waals surface area contributed by atoms with Crippen LogP contribution in [0, 0.1) is 0 Å². The molecule has 2 fully saturated rings. The van der Waals surface area contributed by atoms with E-state index < -0.39 is 0 Å². The lowest BCUT2D eigenvalue weighted by Crippen LogP contribution is -2.06. The number of unbranched alkanes of at least 4 members (excludes halogenated alkanes) is 30. The lowest BCUT2D eigenvalue weighted by molar-refractivity contribution is 0.261. The average molecular weight is 817 g/mol. The van der Waals surface area contributed by atoms with Crippen LogP contribution in [0.2, 0.25) is 0 Å². The Balaban J connectivity index is 1.03. The topological polar surface area (TPSA) is 56.7 Å². The van der Waals surface area contributed by atoms with Crippen LogP contribution < -0.4 is 9.47 Å². The number of benzene rings is 2. The van der Waals surface area contributed by atoms with Crippen molar-refractivity contribution in [2.75, 3.05) is 26.4 Å². The van der Waals surface area contributed by atoms with Crippen LogP contribution in [0.15, 0.2) is 28.7 Å². The van der Waals surface area contributed by atoms with Gasteiger partial charge in [-0.2, -0.15) is 0 Å². The van der Waals surface area contributed by atoms with E-state index in [4.69, 9.17) is 23.4 Å². The molecule has 5 heteroatoms. The fraction of sp³-hybridized carbons (Fsp3) is 0.778. The Morgan fingerprint density at radius 1 is 0.390 bits per heavy atom. The first-order valence-electron chi connectivity index (χ1n) is 25.8. The van der Waals surface area contributed by atoms with Gasteiger partial charge in [0.2, 0.25) is 0 Å². The van der Waals surface area contributed by atoms with Crippen molar-refractivity contribution >= 4 is 21.9 Å². The second kappa shape index (κ2) is 29.9. The molecule has 0 aliphatic carbocycles. The molecule has 1 aromatic heterocycles. The Labute approximate surface area is 361 Å². The lowest BCUT2D eigenvalue weighted by atomic mass is 10.00. The van der Waals surface area contributed by atoms with Crippen molar-refractivity contribution in [3.63, 3.8) is 0 Å². The van der Waals surface area contributed by atoms with Crippen LogP contribution >= 0.6 is 0 Å². The van der Waals surface area contributed by atoms with Gasteiger partial charge in [-0.3, -0.25) is 0 Å². The third kappa shape index (κ3) is 20.0. The fourth-order valence-corrected chi connectivity index (χ4v) is 8.99. The smallest absolute Gasteiger partial charge is 0.135 e. The van der Waals surface area contributed by atoms with Gasteiger partial charge in [0.05, 0.1) is 13.2 Å². The first-order chi connectivity index (χ1) is 29.2. The quantitative estimate of drug-likeness (QED) is 0.0423. The van der Waals surface area contributed by atoms with E-state index >= 15 is 0 Å². The molecule has 5 nitrogen and oxygen atoms in total. The van der Waals surface area contributed by atoms with Gasteiger partial charge in [0, 0.05) is 10.8 Å². The first kappa shape index (κ1) is 47.8. The summed E-state index contributed by atoms with van der Waals surface area (Å²) in [4.78, 5) is 0. The summed E-state index contributed by atoms with van der Waals surface area (Å²) in [6.45, 7) is 7.45. The second-order valence-corrected chi connectivity index (χ2v) is 18.7. The first-order valence-corrected chi connectivity index (χ1v) is 25.8. The number of fused-ring (bicyclic) bond motifs is 3. The third-order valence-electron chi connectivity index (χ3n) is 13.1. The Bertz CT molecular complexity index is 1390. The minimum Gasteiger partial charge on any atom is -0.490 e. The number of rotatable bonds is 40. The van der Waals surface area contributed by atoms with Gasteiger partial charge in [-0.1, -0.05) is 206 Å². The molecule has 5 rings (SSSR count). The molecule has 2 aliphatic rings. The maximum Gasteiger partial charge on any atom is 0.135 e. The highest BCUT2D eigenvalue weighted by molar-refractivity contribution is 6.06. The van der Waals surface area contributed by atoms with E-state index in [0.717, 1.165) is 59.5 Å². The molecule has 0 bridgehead atoms. The Hall–Kier alpha value is -2.24. The van der Waals surface area contributed by atoms with Crippen molar-refractivity contribution in [1.29, 1.82) is 0 Å². The number of aryl methyl sites for hydroxylation is 2. The van der Waals surface area contributed by atoms with Gasteiger partial charge in [0.1, 0.15) is 48.1 Å². The van der Waals surface area contributed by atoms with Crippen molar-refractivity contribution in [1.82, 2.24) is 0 Å². The lowest BCUT2D eigenvalue weighted by Gasteiger charge is -2.12. The number of ether oxygens (including phenoxy) is 4. The Kier molecular flexibility index (Phi) is 24.2. The van der Waals surface area contributed by atoms with Crippen LogP contribution in [0.5, 0.6) is 11.5 Å². The maximum absolute atomic E-state index is 6.62. The highest BCUT2D eigenvalue weighted by Crippen LogP contribution is 2.39. The SMILES string of the molecule is CCCCCCCCCCCCCCCCCCc1cc2oc3cc(CCCCCCCCCCCCCCCCCC)c(OCC4CO4)cc3c2cc1OCC1CO1. The molecular weight excluding hydrogens is 729 g/mol. The summed E-state index contributed by atoms with van der Waals surface area (Å²) >= 11 is 0. The highest BCUT2D eigenvalue weighted by Gasteiger charge is 2.25. The summed E-state index contributed by atoms with van der Waals surface area (Å²) in [6.07, 6.45) is 46.9. The van der Waals surface area contributed by atoms with Gasteiger partial charge >= 0.3 is 0 Å². The number of hydrogen-bond acceptors (Lipinski definition) is 5. The fourth-order valence-electron chi connectivity index (χ4n) is 8.99. The van der Waals surface area contributed by atoms with Crippen LogP contribution in [-0.2, 0) is 22.3 Å². The van der Waals surface area contributed by atoms with E-state index in [-0.39, 0.29) is 12.2 Å². The predicted molar refractivity (Wildman–Crippen MR) is 251 cm³/mol. The summed E-state index contributed by atoms with van der Waals surface area (Å²) in [5.41, 5.74) is 4.44. The number of furan rings is 1. The number of epoxide rings is 2. The second-order valence-electron chi connectivity index (χ2n) is 18.7. The molecule has 2 unspecified atom stereocenters. The largest absolute Gasteiger partial charge is 0.490 e. The molecule has 3 aromatic rings. The molecule has 0 spiro atoms. The zero-order chi connectivity index (χ0) is 41.0. The Morgan fingerprint density at radius 3 is 0.932 bits per heavy atom. The number of hydrogen-bond donors (Lipinski definition) is 0. The molecule has 0 amide bonds. The molecule has 0 N–H and O–H groups in total. The zero-order valence-electron chi connectivity index (χ0n) is 38.4. The average Bonchev–Trinajstić information content (AvgIpc) is 4.20. The zero-order valence-corrected chi connectivity index (χ0v) is 38.4. The standard InChI is InChI=1S/C54H88O5/c1-3-5-7-9-11-13-15-17-19-21-23-25-27-29-31-33-35-45-37-53-49(39-51(45)57-43-47-41-55-47)50-40-52(58-44-48-42-56-48)46(38-54(50)59-53)36-34-32-30-28-26-24-22-20-18-16-14-12-10-8-6-4-2/h37-40,47-48H,3-36,41-44H2,1-2H3. The third-order valence-corrected chi connectivity index (χ3v) is 13.1. The van der Waals surface area contributed by atoms with E-state index in [9.17, 15) is 0 Å². The monoisotopic (exact) mass is 817 g/mol. The minimum absolute atomic E-state index is 0.229. The van der Waals surface area contributed by atoms with Gasteiger partial charge in [0.15, 0.2) is 0 Å². The molecular formula is C54H88O5. The highest BCUT2D eigenvalue weighted by atomic mass is 16.6. The van der Waals surface area contributed by atoms with E-state index in [1.807, 2.05) is 0 Å². The van der Waals surface area contributed by atoms with Crippen molar-refractivity contribution < 1.29 is 23.4 Å². The van der Waals surface area contributed by atoms with Crippen LogP contribution in [0.25, 0.3) is 21.9 Å². The van der Waals surface area contributed by atoms with Crippen molar-refractivity contribution in [3.05, 3.63) is 35.4 Å². The Morgan fingerprint density at radius 2 is 0.661 bits per heavy atom. The molecule has 3 heterocycles. The van der Waals surface area contributed by atoms with Gasteiger partial charge in [-0.25, -0.2) is 0 Å². The predicted octanol–water partition coefficient (Wildman–Crippen LogP) is 16.7. The molecule has 59 heavy (non-hydrogen) atoms. The van der Waals surface area contributed by atoms with Crippen LogP contribution in [0.3, 0.4) is 0 Å². The molecule has 0 saturated carbocycles. The van der Waals surface area contributed by atoms with Crippen molar-refractivity contribution in [3.8, 4) is 11.5 Å². The van der Waals surface area contributed by atoms with Crippen LogP contribution in [0.1, 0.15) is 230 Å². The van der Waals surface area contributed by atoms with E-state index in [2.05, 4.69) is 38.1 Å². The van der Waals surface area contributed by atoms with Crippen molar-refractivity contribution in [2.45, 2.75) is 244 Å². The normalized spacial score (nSPS) is 16.1. The summed E-state index contributed by atoms with van der Waals surface area (Å²) in [7, 11) is 0. The van der Waals surface area contributed by atoms with E-state index in [1.165, 1.54) is 217 Å². The molecule has 2 saturated heterocycles. The maximum atomic E-state index is 6.62. The minimum atomic E-state index is 0.229. The summed E-state index contributed by atoms with van der Waals surface area (Å²) < 4.78 is 30.5. The molecule has 0 radical (unpaired) electrons. The van der Waals surface area contributed by atoms with Crippen molar-refractivity contribution in [2.24, 2.45) is 0 Å². The molecule has 2 atom stereocenters. The van der Waals surface area contributed by atoms with Crippen LogP contribution in [-0.4, -0.2) is 38.6 Å². The van der Waals surface area contributed by atoms with Gasteiger partial charge in [-0.15, -0.1) is 0 Å². The molecule has 2 aromatic carbocycles. The summed E-state index contributed by atoms with van der Waals surface area (Å²) in [5, 5.41) is 2.23. The summed E-state index contributed by atoms with van der Waals surface area (Å²) in [5.74, 6) is 1.98. The van der Waals surface area contributed by atoms with Gasteiger partial charge in [-0.05, 0) is 61.1 Å². The molecule has 2 aliphatic heterocycles. The van der Waals surface area contributed by atoms with E-state index in [0.29, 0.717) is 13.2 Å². The van der Waals surface area contributed by atoms with Gasteiger partial charge in [0.25, 0.3) is 0 Å². The molecule has 334 valence electrons. The van der Waals surface area contributed by atoms with Gasteiger partial charge < -0.3 is 23.4 Å². The summed E-state index contributed by atoms with van der Waals surface area (Å²) in [6, 6.07) is 8.98.